The second kappa shape index (κ2) is 4.58. The minimum atomic E-state index is -0.514. The smallest absolute Gasteiger partial charge is 0.0733 e. The third-order valence-electron chi connectivity index (χ3n) is 0.428. The Hall–Kier alpha value is -0.280. The molecule has 0 N–H and O–H groups in total. The Morgan fingerprint density at radius 1 is 1.11 bits per heavy atom. The molecule has 0 saturated carbocycles. The van der Waals surface area contributed by atoms with Crippen LogP contribution in [0.1, 0.15) is 0 Å². The molecule has 0 amide bonds. The van der Waals surface area contributed by atoms with E-state index in [0.29, 0.717) is 0 Å². The van der Waals surface area contributed by atoms with Crippen molar-refractivity contribution in [3.05, 3.63) is 10.4 Å². The van der Waals surface area contributed by atoms with Gasteiger partial charge in [-0.25, -0.2) is 4.89 Å². The molecule has 0 rings (SSSR count). The first-order valence-electron chi connectivity index (χ1n) is 1.91. The first-order valence-corrected chi connectivity index (χ1v) is 1.91. The van der Waals surface area contributed by atoms with Gasteiger partial charge in [0, 0.05) is 0 Å². The third kappa shape index (κ3) is 3.32. The first kappa shape index (κ1) is 8.72. The van der Waals surface area contributed by atoms with Crippen LogP contribution in [-0.4, -0.2) is 24.9 Å². The molecule has 0 spiro atoms. The molecule has 0 bridgehead atoms. The van der Waals surface area contributed by atoms with Crippen molar-refractivity contribution in [2.75, 3.05) is 14.2 Å². The molecule has 0 aromatic rings. The van der Waals surface area contributed by atoms with Crippen LogP contribution in [0, 0.1) is 10.4 Å². The van der Waals surface area contributed by atoms with Crippen LogP contribution in [0.4, 0.5) is 0 Å². The van der Waals surface area contributed by atoms with Gasteiger partial charge in [0.1, 0.15) is 0 Å². The molecule has 9 heavy (non-hydrogen) atoms. The normalized spacial score (nSPS) is 11.3. The van der Waals surface area contributed by atoms with Gasteiger partial charge in [0.15, 0.2) is 0 Å². The van der Waals surface area contributed by atoms with E-state index >= 15 is 0 Å². The van der Waals surface area contributed by atoms with E-state index in [1.165, 1.54) is 0 Å². The molecule has 0 aromatic carbocycles. The summed E-state index contributed by atoms with van der Waals surface area (Å²) >= 11 is 0. The highest BCUT2D eigenvalue weighted by Crippen LogP contribution is 1.92. The van der Waals surface area contributed by atoms with Crippen LogP contribution in [0.25, 0.3) is 0 Å². The lowest BCUT2D eigenvalue weighted by molar-refractivity contribution is -0.486. The number of rotatable bonds is 4. The third-order valence-corrected chi connectivity index (χ3v) is 0.428. The Labute approximate surface area is 51.3 Å². The lowest BCUT2D eigenvalue weighted by atomic mass is 11.7. The van der Waals surface area contributed by atoms with Crippen LogP contribution < -0.4 is 0 Å². The lowest BCUT2D eigenvalue weighted by Gasteiger charge is -2.37. The summed E-state index contributed by atoms with van der Waals surface area (Å²) in [6.07, 6.45) is 0. The van der Waals surface area contributed by atoms with Crippen LogP contribution in [0.5, 0.6) is 0 Å². The summed E-state index contributed by atoms with van der Waals surface area (Å²) in [6.45, 7) is 0. The highest BCUT2D eigenvalue weighted by molar-refractivity contribution is 4.30. The highest BCUT2D eigenvalue weighted by atomic mass is 17.4. The maximum absolute atomic E-state index is 10.0. The highest BCUT2D eigenvalue weighted by Gasteiger charge is 1.89. The van der Waals surface area contributed by atoms with Crippen molar-refractivity contribution in [1.82, 2.24) is 10.7 Å². The zero-order valence-electron chi connectivity index (χ0n) is 4.94. The van der Waals surface area contributed by atoms with Crippen molar-refractivity contribution in [3.8, 4) is 0 Å². The fourth-order valence-electron chi connectivity index (χ4n) is 0.158. The molecule has 0 aliphatic carbocycles. The van der Waals surface area contributed by atoms with E-state index in [-0.39, 0.29) is 0 Å². The van der Waals surface area contributed by atoms with Crippen LogP contribution in [-0.2, 0) is 14.7 Å². The molecular formula is C2H6N2O5-2. The van der Waals surface area contributed by atoms with Gasteiger partial charge in [-0.3, -0.25) is 4.84 Å². The Balaban J connectivity index is 3.32. The Kier molecular flexibility index (Phi) is 4.44. The predicted octanol–water partition coefficient (Wildman–Crippen LogP) is -0.445. The fourth-order valence-corrected chi connectivity index (χ4v) is 0.158. The number of hydrazine groups is 1. The van der Waals surface area contributed by atoms with E-state index < -0.39 is 10.7 Å². The molecule has 0 atom stereocenters. The van der Waals surface area contributed by atoms with Gasteiger partial charge < -0.3 is 10.4 Å². The summed E-state index contributed by atoms with van der Waals surface area (Å²) in [7, 11) is 2.09. The SMILES string of the molecule is COON([O-])N([O-])OC. The second-order valence-electron chi connectivity index (χ2n) is 0.899. The standard InChI is InChI=1S/C2H6N2O5/c1-7-3(5)4(6)9-8-2/h1-2H3/q-2. The maximum Gasteiger partial charge on any atom is 0.0733 e. The molecule has 56 valence electrons. The summed E-state index contributed by atoms with van der Waals surface area (Å²) in [6, 6.07) is 0. The minimum absolute atomic E-state index is 0.441. The van der Waals surface area contributed by atoms with Crippen molar-refractivity contribution in [1.29, 1.82) is 0 Å². The van der Waals surface area contributed by atoms with Gasteiger partial charge >= 0.3 is 0 Å². The molecule has 0 aliphatic heterocycles. The molecule has 0 saturated heterocycles. The van der Waals surface area contributed by atoms with Gasteiger partial charge in [0.2, 0.25) is 0 Å². The summed E-state index contributed by atoms with van der Waals surface area (Å²) in [5.41, 5.74) is 0. The van der Waals surface area contributed by atoms with E-state index in [0.717, 1.165) is 14.2 Å². The minimum Gasteiger partial charge on any atom is -0.747 e. The molecule has 0 unspecified atom stereocenters. The van der Waals surface area contributed by atoms with Crippen LogP contribution >= 0.6 is 0 Å². The molecule has 7 heteroatoms. The average molecular weight is 138 g/mol. The van der Waals surface area contributed by atoms with Crippen molar-refractivity contribution >= 4 is 0 Å². The molecule has 0 fully saturated rings. The molecule has 7 nitrogen and oxygen atoms in total. The van der Waals surface area contributed by atoms with Crippen LogP contribution in [0.3, 0.4) is 0 Å². The zero-order chi connectivity index (χ0) is 7.28. The molecule has 0 heterocycles. The summed E-state index contributed by atoms with van der Waals surface area (Å²) in [4.78, 5) is 11.3. The van der Waals surface area contributed by atoms with Crippen molar-refractivity contribution < 1.29 is 14.7 Å². The molecule has 0 aliphatic rings. The maximum atomic E-state index is 10.0. The molecular weight excluding hydrogens is 132 g/mol. The zero-order valence-corrected chi connectivity index (χ0v) is 4.94. The van der Waals surface area contributed by atoms with Crippen LogP contribution in [0.15, 0.2) is 0 Å². The Morgan fingerprint density at radius 3 is 2.00 bits per heavy atom. The fraction of sp³-hybridized carbons (Fsp3) is 1.00. The summed E-state index contributed by atoms with van der Waals surface area (Å²) in [5.74, 6) is 0. The van der Waals surface area contributed by atoms with Crippen molar-refractivity contribution in [2.45, 2.75) is 0 Å². The van der Waals surface area contributed by atoms with Gasteiger partial charge in [-0.2, -0.15) is 5.34 Å². The Morgan fingerprint density at radius 2 is 1.67 bits per heavy atom. The quantitative estimate of drug-likeness (QED) is 0.384. The van der Waals surface area contributed by atoms with E-state index in [1.54, 1.807) is 0 Å². The first-order chi connectivity index (χ1) is 4.22. The van der Waals surface area contributed by atoms with E-state index in [9.17, 15) is 10.4 Å². The van der Waals surface area contributed by atoms with Gasteiger partial charge in [-0.05, 0) is 0 Å². The Bertz CT molecular complexity index is 70.0. The van der Waals surface area contributed by atoms with E-state index in [1.807, 2.05) is 0 Å². The monoisotopic (exact) mass is 138 g/mol. The van der Waals surface area contributed by atoms with Crippen molar-refractivity contribution in [3.63, 3.8) is 0 Å². The number of hydrogen-bond donors (Lipinski definition) is 0. The number of nitrogens with zero attached hydrogens (tertiary/aromatic N) is 2. The topological polar surface area (TPSA) is 80.3 Å². The number of hydrogen-bond acceptors (Lipinski definition) is 7. The van der Waals surface area contributed by atoms with Gasteiger partial charge in [-0.1, -0.05) is 0 Å². The van der Waals surface area contributed by atoms with Crippen molar-refractivity contribution in [2.24, 2.45) is 0 Å². The van der Waals surface area contributed by atoms with E-state index in [4.69, 9.17) is 0 Å². The predicted molar refractivity (Wildman–Crippen MR) is 25.5 cm³/mol. The summed E-state index contributed by atoms with van der Waals surface area (Å²) in [5, 5.41) is 19.1. The van der Waals surface area contributed by atoms with E-state index in [2.05, 4.69) is 14.7 Å². The van der Waals surface area contributed by atoms with Gasteiger partial charge in [0.05, 0.1) is 14.2 Å². The largest absolute Gasteiger partial charge is 0.747 e. The molecule has 0 aromatic heterocycles. The van der Waals surface area contributed by atoms with Gasteiger partial charge in [-0.15, -0.1) is 10.3 Å². The average Bonchev–Trinajstić information content (AvgIpc) is 1.87. The lowest BCUT2D eigenvalue weighted by Crippen LogP contribution is -2.32. The molecule has 0 radical (unpaired) electrons. The second-order valence-corrected chi connectivity index (χ2v) is 0.899. The summed E-state index contributed by atoms with van der Waals surface area (Å²) < 4.78 is 0. The van der Waals surface area contributed by atoms with Gasteiger partial charge in [0.25, 0.3) is 0 Å². The van der Waals surface area contributed by atoms with Crippen LogP contribution in [0.2, 0.25) is 0 Å².